The minimum atomic E-state index is 0.481. The minimum Gasteiger partial charge on any atom is -0.493 e. The van der Waals surface area contributed by atoms with Crippen molar-refractivity contribution in [3.05, 3.63) is 60.4 Å². The van der Waals surface area contributed by atoms with Gasteiger partial charge in [0.15, 0.2) is 17.1 Å². The van der Waals surface area contributed by atoms with Crippen molar-refractivity contribution in [2.24, 2.45) is 5.73 Å². The van der Waals surface area contributed by atoms with Crippen molar-refractivity contribution in [1.29, 1.82) is 0 Å². The van der Waals surface area contributed by atoms with Crippen LogP contribution in [0.5, 0.6) is 17.2 Å². The Bertz CT molecular complexity index is 1160. The highest BCUT2D eigenvalue weighted by Crippen LogP contribution is 2.40. The Kier molecular flexibility index (Phi) is 5.40. The molecule has 0 aliphatic carbocycles. The van der Waals surface area contributed by atoms with Crippen molar-refractivity contribution in [3.8, 4) is 28.4 Å². The van der Waals surface area contributed by atoms with Crippen LogP contribution in [0.25, 0.3) is 16.8 Å². The first kappa shape index (κ1) is 19.5. The fourth-order valence-corrected chi connectivity index (χ4v) is 3.31. The van der Waals surface area contributed by atoms with E-state index in [9.17, 15) is 0 Å². The van der Waals surface area contributed by atoms with E-state index in [1.807, 2.05) is 42.6 Å². The zero-order chi connectivity index (χ0) is 21.1. The lowest BCUT2D eigenvalue weighted by atomic mass is 10.1. The number of nitrogens with zero attached hydrogens (tertiary/aromatic N) is 3. The third-order valence-corrected chi connectivity index (χ3v) is 4.78. The number of nitrogens with two attached hydrogens (primary N) is 1. The molecule has 0 bridgehead atoms. The zero-order valence-corrected chi connectivity index (χ0v) is 17.0. The second-order valence-corrected chi connectivity index (χ2v) is 6.58. The molecule has 2 aromatic carbocycles. The predicted octanol–water partition coefficient (Wildman–Crippen LogP) is 3.62. The average Bonchev–Trinajstić information content (AvgIpc) is 3.21. The van der Waals surface area contributed by atoms with Crippen LogP contribution in [0.1, 0.15) is 5.56 Å². The largest absolute Gasteiger partial charge is 0.493 e. The summed E-state index contributed by atoms with van der Waals surface area (Å²) >= 11 is 0. The van der Waals surface area contributed by atoms with E-state index in [1.165, 1.54) is 0 Å². The van der Waals surface area contributed by atoms with Crippen molar-refractivity contribution in [3.63, 3.8) is 0 Å². The zero-order valence-electron chi connectivity index (χ0n) is 17.0. The van der Waals surface area contributed by atoms with Crippen molar-refractivity contribution >= 4 is 17.2 Å². The summed E-state index contributed by atoms with van der Waals surface area (Å²) < 4.78 is 18.0. The van der Waals surface area contributed by atoms with E-state index < -0.39 is 0 Å². The van der Waals surface area contributed by atoms with E-state index in [0.29, 0.717) is 29.6 Å². The maximum absolute atomic E-state index is 5.79. The Hall–Kier alpha value is -3.78. The third-order valence-electron chi connectivity index (χ3n) is 4.78. The molecule has 0 saturated carbocycles. The van der Waals surface area contributed by atoms with Crippen LogP contribution in [0, 0.1) is 0 Å². The quantitative estimate of drug-likeness (QED) is 0.485. The fourth-order valence-electron chi connectivity index (χ4n) is 3.31. The van der Waals surface area contributed by atoms with Crippen molar-refractivity contribution in [1.82, 2.24) is 14.6 Å². The van der Waals surface area contributed by atoms with E-state index in [1.54, 1.807) is 32.0 Å². The topological polar surface area (TPSA) is 95.9 Å². The number of benzene rings is 2. The molecule has 154 valence electrons. The Morgan fingerprint density at radius 2 is 1.77 bits per heavy atom. The molecule has 30 heavy (non-hydrogen) atoms. The first-order chi connectivity index (χ1) is 14.7. The second kappa shape index (κ2) is 8.30. The maximum Gasteiger partial charge on any atom is 0.203 e. The molecule has 4 aromatic rings. The van der Waals surface area contributed by atoms with E-state index in [4.69, 9.17) is 24.9 Å². The molecule has 0 aliphatic rings. The number of hydrogen-bond donors (Lipinski definition) is 2. The number of nitrogens with one attached hydrogen (secondary N) is 1. The highest BCUT2D eigenvalue weighted by Gasteiger charge is 2.14. The van der Waals surface area contributed by atoms with Gasteiger partial charge in [0.05, 0.1) is 27.5 Å². The normalized spacial score (nSPS) is 10.8. The van der Waals surface area contributed by atoms with Crippen LogP contribution in [0.2, 0.25) is 0 Å². The molecular formula is C22H23N5O3. The lowest BCUT2D eigenvalue weighted by Gasteiger charge is -2.15. The summed E-state index contributed by atoms with van der Waals surface area (Å²) in [6.45, 7) is 0.481. The number of hydrogen-bond acceptors (Lipinski definition) is 7. The standard InChI is InChI=1S/C22H23N5O3/c1-28-18-10-16(11-19(29-2)21(18)30-3)25-20-7-8-27-22(26-20)17(13-24-27)15-6-4-5-14(9-15)12-23/h4-11,13H,12,23H2,1-3H3,(H,25,26). The molecule has 0 spiro atoms. The smallest absolute Gasteiger partial charge is 0.203 e. The number of ether oxygens (including phenoxy) is 3. The molecule has 2 heterocycles. The predicted molar refractivity (Wildman–Crippen MR) is 116 cm³/mol. The van der Waals surface area contributed by atoms with Crippen molar-refractivity contribution < 1.29 is 14.2 Å². The molecule has 0 atom stereocenters. The Morgan fingerprint density at radius 3 is 2.43 bits per heavy atom. The van der Waals surface area contributed by atoms with E-state index in [0.717, 1.165) is 28.0 Å². The SMILES string of the molecule is COc1cc(Nc2ccn3ncc(-c4cccc(CN)c4)c3n2)cc(OC)c1OC. The Balaban J connectivity index is 1.72. The van der Waals surface area contributed by atoms with E-state index in [-0.39, 0.29) is 0 Å². The van der Waals surface area contributed by atoms with Crippen LogP contribution in [-0.2, 0) is 6.54 Å². The van der Waals surface area contributed by atoms with Crippen LogP contribution >= 0.6 is 0 Å². The van der Waals surface area contributed by atoms with Crippen LogP contribution in [0.3, 0.4) is 0 Å². The summed E-state index contributed by atoms with van der Waals surface area (Å²) in [5.41, 5.74) is 10.3. The van der Waals surface area contributed by atoms with Gasteiger partial charge in [-0.3, -0.25) is 0 Å². The Labute approximate surface area is 174 Å². The second-order valence-electron chi connectivity index (χ2n) is 6.58. The van der Waals surface area contributed by atoms with Gasteiger partial charge < -0.3 is 25.3 Å². The number of methoxy groups -OCH3 is 3. The van der Waals surface area contributed by atoms with Gasteiger partial charge in [-0.15, -0.1) is 0 Å². The molecule has 4 rings (SSSR count). The molecular weight excluding hydrogens is 382 g/mol. The number of anilines is 2. The van der Waals surface area contributed by atoms with Gasteiger partial charge in [0.2, 0.25) is 5.75 Å². The summed E-state index contributed by atoms with van der Waals surface area (Å²) in [6, 6.07) is 13.6. The summed E-state index contributed by atoms with van der Waals surface area (Å²) in [7, 11) is 4.74. The summed E-state index contributed by atoms with van der Waals surface area (Å²) in [5.74, 6) is 2.31. The third kappa shape index (κ3) is 3.60. The number of aromatic nitrogens is 3. The molecule has 0 unspecified atom stereocenters. The molecule has 0 fully saturated rings. The molecule has 8 nitrogen and oxygen atoms in total. The molecule has 0 saturated heterocycles. The summed E-state index contributed by atoms with van der Waals surface area (Å²) in [5, 5.41) is 7.71. The lowest BCUT2D eigenvalue weighted by molar-refractivity contribution is 0.324. The van der Waals surface area contributed by atoms with Crippen LogP contribution in [0.15, 0.2) is 54.9 Å². The Morgan fingerprint density at radius 1 is 1.00 bits per heavy atom. The van der Waals surface area contributed by atoms with Crippen LogP contribution in [-0.4, -0.2) is 35.9 Å². The summed E-state index contributed by atoms with van der Waals surface area (Å²) in [6.07, 6.45) is 3.67. The van der Waals surface area contributed by atoms with E-state index >= 15 is 0 Å². The molecule has 0 aliphatic heterocycles. The van der Waals surface area contributed by atoms with Gasteiger partial charge in [0, 0.05) is 36.1 Å². The molecule has 3 N–H and O–H groups in total. The number of rotatable bonds is 7. The molecule has 0 amide bonds. The monoisotopic (exact) mass is 405 g/mol. The minimum absolute atomic E-state index is 0.481. The van der Waals surface area contributed by atoms with Crippen LogP contribution < -0.4 is 25.3 Å². The highest BCUT2D eigenvalue weighted by atomic mass is 16.5. The van der Waals surface area contributed by atoms with Crippen LogP contribution in [0.4, 0.5) is 11.5 Å². The number of fused-ring (bicyclic) bond motifs is 1. The molecule has 0 radical (unpaired) electrons. The fraction of sp³-hybridized carbons (Fsp3) is 0.182. The highest BCUT2D eigenvalue weighted by molar-refractivity contribution is 5.78. The van der Waals surface area contributed by atoms with Gasteiger partial charge in [-0.25, -0.2) is 9.50 Å². The first-order valence-electron chi connectivity index (χ1n) is 9.37. The molecule has 8 heteroatoms. The maximum atomic E-state index is 5.79. The van der Waals surface area contributed by atoms with Gasteiger partial charge >= 0.3 is 0 Å². The van der Waals surface area contributed by atoms with Gasteiger partial charge in [-0.05, 0) is 23.3 Å². The van der Waals surface area contributed by atoms with Crippen molar-refractivity contribution in [2.75, 3.05) is 26.6 Å². The van der Waals surface area contributed by atoms with Crippen molar-refractivity contribution in [2.45, 2.75) is 6.54 Å². The van der Waals surface area contributed by atoms with Gasteiger partial charge in [-0.1, -0.05) is 18.2 Å². The first-order valence-corrected chi connectivity index (χ1v) is 9.37. The van der Waals surface area contributed by atoms with Gasteiger partial charge in [0.25, 0.3) is 0 Å². The molecule has 2 aromatic heterocycles. The summed E-state index contributed by atoms with van der Waals surface area (Å²) in [4.78, 5) is 4.76. The lowest BCUT2D eigenvalue weighted by Crippen LogP contribution is -2.00. The van der Waals surface area contributed by atoms with Gasteiger partial charge in [0.1, 0.15) is 5.82 Å². The van der Waals surface area contributed by atoms with E-state index in [2.05, 4.69) is 16.5 Å². The van der Waals surface area contributed by atoms with Gasteiger partial charge in [-0.2, -0.15) is 5.10 Å². The average molecular weight is 405 g/mol.